The molecule has 3 aromatic rings. The van der Waals surface area contributed by atoms with Crippen molar-refractivity contribution in [2.75, 3.05) is 0 Å². The maximum atomic E-state index is 9.90. The molecule has 3 rings (SSSR count). The van der Waals surface area contributed by atoms with Crippen LogP contribution in [-0.4, -0.2) is 19.7 Å². The SMILES string of the molecule is Cc1ccc(C(C)(C)c2nnc3c(C(C)O)cccn23)cc1. The molecule has 2 aromatic heterocycles. The summed E-state index contributed by atoms with van der Waals surface area (Å²) < 4.78 is 1.97. The third kappa shape index (κ3) is 2.29. The van der Waals surface area contributed by atoms with Crippen molar-refractivity contribution in [1.29, 1.82) is 0 Å². The molecule has 0 saturated heterocycles. The van der Waals surface area contributed by atoms with Crippen molar-refractivity contribution in [3.05, 3.63) is 65.1 Å². The Hall–Kier alpha value is -2.20. The highest BCUT2D eigenvalue weighted by molar-refractivity contribution is 5.50. The number of aryl methyl sites for hydroxylation is 1. The first-order chi connectivity index (χ1) is 10.4. The number of aliphatic hydroxyl groups is 1. The molecule has 0 aliphatic rings. The van der Waals surface area contributed by atoms with Gasteiger partial charge in [0.1, 0.15) is 5.82 Å². The Morgan fingerprint density at radius 2 is 1.77 bits per heavy atom. The van der Waals surface area contributed by atoms with Crippen molar-refractivity contribution < 1.29 is 5.11 Å². The molecule has 1 atom stereocenters. The van der Waals surface area contributed by atoms with E-state index in [1.807, 2.05) is 22.7 Å². The fourth-order valence-corrected chi connectivity index (χ4v) is 2.79. The molecule has 0 bridgehead atoms. The van der Waals surface area contributed by atoms with Crippen LogP contribution in [0.5, 0.6) is 0 Å². The van der Waals surface area contributed by atoms with E-state index >= 15 is 0 Å². The molecule has 1 aromatic carbocycles. The Balaban J connectivity index is 2.17. The second kappa shape index (κ2) is 5.21. The van der Waals surface area contributed by atoms with Crippen LogP contribution in [-0.2, 0) is 5.41 Å². The first-order valence-electron chi connectivity index (χ1n) is 7.50. The van der Waals surface area contributed by atoms with Gasteiger partial charge in [-0.25, -0.2) is 0 Å². The fraction of sp³-hybridized carbons (Fsp3) is 0.333. The normalized spacial score (nSPS) is 13.5. The Morgan fingerprint density at radius 1 is 1.09 bits per heavy atom. The number of pyridine rings is 1. The Kier molecular flexibility index (Phi) is 3.49. The molecule has 0 aliphatic heterocycles. The van der Waals surface area contributed by atoms with Gasteiger partial charge in [0.15, 0.2) is 5.65 Å². The van der Waals surface area contributed by atoms with E-state index in [2.05, 4.69) is 55.2 Å². The number of aromatic nitrogens is 3. The summed E-state index contributed by atoms with van der Waals surface area (Å²) in [6.45, 7) is 8.11. The quantitative estimate of drug-likeness (QED) is 0.805. The van der Waals surface area contributed by atoms with Crippen molar-refractivity contribution in [2.24, 2.45) is 0 Å². The van der Waals surface area contributed by atoms with Crippen LogP contribution in [0, 0.1) is 6.92 Å². The number of rotatable bonds is 3. The predicted molar refractivity (Wildman–Crippen MR) is 86.9 cm³/mol. The minimum absolute atomic E-state index is 0.273. The van der Waals surface area contributed by atoms with Crippen molar-refractivity contribution in [3.8, 4) is 0 Å². The number of nitrogens with zero attached hydrogens (tertiary/aromatic N) is 3. The second-order valence-corrected chi connectivity index (χ2v) is 6.35. The molecule has 0 fully saturated rings. The molecule has 2 heterocycles. The van der Waals surface area contributed by atoms with E-state index in [4.69, 9.17) is 0 Å². The molecular weight excluding hydrogens is 274 g/mol. The molecule has 114 valence electrons. The van der Waals surface area contributed by atoms with Gasteiger partial charge in [-0.3, -0.25) is 4.40 Å². The lowest BCUT2D eigenvalue weighted by Crippen LogP contribution is -2.22. The zero-order valence-electron chi connectivity index (χ0n) is 13.4. The molecule has 22 heavy (non-hydrogen) atoms. The lowest BCUT2D eigenvalue weighted by Gasteiger charge is -2.23. The van der Waals surface area contributed by atoms with E-state index in [0.29, 0.717) is 5.65 Å². The molecule has 0 aliphatic carbocycles. The zero-order valence-corrected chi connectivity index (χ0v) is 13.4. The number of aliphatic hydroxyl groups excluding tert-OH is 1. The molecule has 0 radical (unpaired) electrons. The maximum Gasteiger partial charge on any atom is 0.166 e. The lowest BCUT2D eigenvalue weighted by molar-refractivity contribution is 0.200. The van der Waals surface area contributed by atoms with Crippen LogP contribution < -0.4 is 0 Å². The zero-order chi connectivity index (χ0) is 15.9. The molecule has 1 unspecified atom stereocenters. The summed E-state index contributed by atoms with van der Waals surface area (Å²) in [6.07, 6.45) is 1.38. The van der Waals surface area contributed by atoms with E-state index in [-0.39, 0.29) is 5.41 Å². The summed E-state index contributed by atoms with van der Waals surface area (Å²) in [7, 11) is 0. The number of benzene rings is 1. The minimum Gasteiger partial charge on any atom is -0.389 e. The highest BCUT2D eigenvalue weighted by Gasteiger charge is 2.29. The van der Waals surface area contributed by atoms with Gasteiger partial charge in [-0.1, -0.05) is 35.9 Å². The molecular formula is C18H21N3O. The molecule has 1 N–H and O–H groups in total. The smallest absolute Gasteiger partial charge is 0.166 e. The van der Waals surface area contributed by atoms with E-state index < -0.39 is 6.10 Å². The average Bonchev–Trinajstić information content (AvgIpc) is 2.92. The first-order valence-corrected chi connectivity index (χ1v) is 7.50. The van der Waals surface area contributed by atoms with Gasteiger partial charge in [-0.05, 0) is 39.3 Å². The van der Waals surface area contributed by atoms with Gasteiger partial charge in [-0.15, -0.1) is 10.2 Å². The van der Waals surface area contributed by atoms with Gasteiger partial charge in [0, 0.05) is 11.8 Å². The topological polar surface area (TPSA) is 50.4 Å². The number of fused-ring (bicyclic) bond motifs is 1. The van der Waals surface area contributed by atoms with Gasteiger partial charge in [0.05, 0.1) is 11.5 Å². The molecule has 4 heteroatoms. The first kappa shape index (κ1) is 14.7. The van der Waals surface area contributed by atoms with Gasteiger partial charge < -0.3 is 5.11 Å². The van der Waals surface area contributed by atoms with E-state index in [1.54, 1.807) is 6.92 Å². The van der Waals surface area contributed by atoms with Crippen molar-refractivity contribution in [3.63, 3.8) is 0 Å². The summed E-state index contributed by atoms with van der Waals surface area (Å²) in [5.41, 5.74) is 3.66. The summed E-state index contributed by atoms with van der Waals surface area (Å²) in [6, 6.07) is 12.3. The van der Waals surface area contributed by atoms with Crippen LogP contribution in [0.2, 0.25) is 0 Å². The fourth-order valence-electron chi connectivity index (χ4n) is 2.79. The van der Waals surface area contributed by atoms with Crippen LogP contribution in [0.1, 0.15) is 49.4 Å². The third-order valence-corrected chi connectivity index (χ3v) is 4.25. The van der Waals surface area contributed by atoms with E-state index in [1.165, 1.54) is 11.1 Å². The maximum absolute atomic E-state index is 9.90. The molecule has 4 nitrogen and oxygen atoms in total. The van der Waals surface area contributed by atoms with Crippen LogP contribution in [0.25, 0.3) is 5.65 Å². The minimum atomic E-state index is -0.566. The van der Waals surface area contributed by atoms with Gasteiger partial charge in [0.25, 0.3) is 0 Å². The monoisotopic (exact) mass is 295 g/mol. The summed E-state index contributed by atoms with van der Waals surface area (Å²) in [5, 5.41) is 18.6. The molecule has 0 spiro atoms. The van der Waals surface area contributed by atoms with E-state index in [0.717, 1.165) is 11.4 Å². The Morgan fingerprint density at radius 3 is 2.41 bits per heavy atom. The van der Waals surface area contributed by atoms with Crippen LogP contribution in [0.3, 0.4) is 0 Å². The van der Waals surface area contributed by atoms with Gasteiger partial charge in [-0.2, -0.15) is 0 Å². The Bertz CT molecular complexity index is 801. The predicted octanol–water partition coefficient (Wildman–Crippen LogP) is 3.42. The summed E-state index contributed by atoms with van der Waals surface area (Å²) in [5.74, 6) is 0.869. The molecule has 0 saturated carbocycles. The largest absolute Gasteiger partial charge is 0.389 e. The van der Waals surface area contributed by atoms with Crippen molar-refractivity contribution in [2.45, 2.75) is 39.2 Å². The van der Waals surface area contributed by atoms with Gasteiger partial charge in [0.2, 0.25) is 0 Å². The number of hydrogen-bond donors (Lipinski definition) is 1. The van der Waals surface area contributed by atoms with E-state index in [9.17, 15) is 5.11 Å². The summed E-state index contributed by atoms with van der Waals surface area (Å²) in [4.78, 5) is 0. The highest BCUT2D eigenvalue weighted by atomic mass is 16.3. The van der Waals surface area contributed by atoms with Gasteiger partial charge >= 0.3 is 0 Å². The number of hydrogen-bond acceptors (Lipinski definition) is 3. The van der Waals surface area contributed by atoms with Crippen molar-refractivity contribution in [1.82, 2.24) is 14.6 Å². The van der Waals surface area contributed by atoms with Crippen LogP contribution >= 0.6 is 0 Å². The van der Waals surface area contributed by atoms with Crippen LogP contribution in [0.15, 0.2) is 42.6 Å². The third-order valence-electron chi connectivity index (χ3n) is 4.25. The second-order valence-electron chi connectivity index (χ2n) is 6.35. The highest BCUT2D eigenvalue weighted by Crippen LogP contribution is 2.31. The van der Waals surface area contributed by atoms with Crippen LogP contribution in [0.4, 0.5) is 0 Å². The standard InChI is InChI=1S/C18H21N3O/c1-12-7-9-14(10-8-12)18(3,4)17-20-19-16-15(13(2)22)6-5-11-21(16)17/h5-11,13,22H,1-4H3. The molecule has 0 amide bonds. The van der Waals surface area contributed by atoms with Crippen molar-refractivity contribution >= 4 is 5.65 Å². The lowest BCUT2D eigenvalue weighted by atomic mass is 9.83. The summed E-state index contributed by atoms with van der Waals surface area (Å²) >= 11 is 0. The Labute approximate surface area is 130 Å². The average molecular weight is 295 g/mol.